The Bertz CT molecular complexity index is 308. The number of alkyl halides is 2. The topological polar surface area (TPSA) is 70.0 Å². The molecule has 1 saturated heterocycles. The van der Waals surface area contributed by atoms with E-state index in [1.165, 1.54) is 0 Å². The van der Waals surface area contributed by atoms with Gasteiger partial charge in [0.2, 0.25) is 0 Å². The molecule has 7 heteroatoms. The number of aliphatic hydroxyl groups excluding tert-OH is 1. The Kier molecular flexibility index (Phi) is 3.37. The molecule has 0 aromatic carbocycles. The molecule has 0 atom stereocenters. The second-order valence-electron chi connectivity index (χ2n) is 5.23. The van der Waals surface area contributed by atoms with Crippen molar-refractivity contribution in [3.8, 4) is 0 Å². The number of carbonyl (C=O) groups excluding carboxylic acids is 1. The summed E-state index contributed by atoms with van der Waals surface area (Å²) in [7, 11) is 0. The van der Waals surface area contributed by atoms with Crippen LogP contribution in [0.2, 0.25) is 0 Å². The van der Waals surface area contributed by atoms with Crippen molar-refractivity contribution in [1.29, 1.82) is 0 Å². The third kappa shape index (κ3) is 2.84. The number of halogens is 2. The lowest BCUT2D eigenvalue weighted by Gasteiger charge is -2.49. The molecule has 1 rings (SSSR count). The molecule has 1 heterocycles. The minimum absolute atomic E-state index is 0.546. The van der Waals surface area contributed by atoms with E-state index in [0.29, 0.717) is 0 Å². The van der Waals surface area contributed by atoms with Crippen LogP contribution in [0.3, 0.4) is 0 Å². The highest BCUT2D eigenvalue weighted by atomic mass is 19.3. The molecular weight excluding hydrogens is 236 g/mol. The predicted octanol–water partition coefficient (Wildman–Crippen LogP) is 0.596. The van der Waals surface area contributed by atoms with Crippen LogP contribution in [0.4, 0.5) is 13.6 Å². The fourth-order valence-electron chi connectivity index (χ4n) is 1.42. The summed E-state index contributed by atoms with van der Waals surface area (Å²) in [6.07, 6.45) is -0.754. The van der Waals surface area contributed by atoms with Crippen molar-refractivity contribution in [3.63, 3.8) is 0 Å². The van der Waals surface area contributed by atoms with Crippen molar-refractivity contribution in [2.45, 2.75) is 37.9 Å². The van der Waals surface area contributed by atoms with Crippen molar-refractivity contribution >= 4 is 6.09 Å². The van der Waals surface area contributed by atoms with Gasteiger partial charge in [0.05, 0.1) is 13.1 Å². The fraction of sp³-hybridized carbons (Fsp3) is 0.900. The molecule has 0 spiro atoms. The Morgan fingerprint density at radius 2 is 1.88 bits per heavy atom. The zero-order chi connectivity index (χ0) is 13.5. The quantitative estimate of drug-likeness (QED) is 0.756. The molecule has 0 saturated carbocycles. The van der Waals surface area contributed by atoms with Crippen molar-refractivity contribution in [3.05, 3.63) is 0 Å². The first-order chi connectivity index (χ1) is 7.51. The Balaban J connectivity index is 2.54. The number of hydrogen-bond donors (Lipinski definition) is 2. The van der Waals surface area contributed by atoms with Crippen molar-refractivity contribution in [1.82, 2.24) is 4.90 Å². The molecule has 17 heavy (non-hydrogen) atoms. The standard InChI is InChI=1S/C10H17F2NO4/c1-8(2,3)17-7(15)13-4-9(16,5-13)10(11,12)6-14/h14,16H,4-6H2,1-3H3. The predicted molar refractivity (Wildman–Crippen MR) is 54.8 cm³/mol. The Morgan fingerprint density at radius 1 is 1.41 bits per heavy atom. The van der Waals surface area contributed by atoms with Gasteiger partial charge in [0.1, 0.15) is 12.2 Å². The van der Waals surface area contributed by atoms with Gasteiger partial charge in [-0.15, -0.1) is 0 Å². The summed E-state index contributed by atoms with van der Waals surface area (Å²) in [6.45, 7) is 2.41. The van der Waals surface area contributed by atoms with Crippen LogP contribution in [0.5, 0.6) is 0 Å². The molecule has 1 fully saturated rings. The maximum absolute atomic E-state index is 13.1. The summed E-state index contributed by atoms with van der Waals surface area (Å²) >= 11 is 0. The summed E-state index contributed by atoms with van der Waals surface area (Å²) in [5.41, 5.74) is -3.08. The van der Waals surface area contributed by atoms with E-state index >= 15 is 0 Å². The number of rotatable bonds is 2. The van der Waals surface area contributed by atoms with Crippen LogP contribution in [-0.4, -0.2) is 58.0 Å². The van der Waals surface area contributed by atoms with Gasteiger partial charge in [0, 0.05) is 0 Å². The van der Waals surface area contributed by atoms with Gasteiger partial charge in [0.25, 0.3) is 0 Å². The van der Waals surface area contributed by atoms with Gasteiger partial charge in [-0.3, -0.25) is 0 Å². The van der Waals surface area contributed by atoms with Gasteiger partial charge in [-0.1, -0.05) is 0 Å². The van der Waals surface area contributed by atoms with E-state index in [2.05, 4.69) is 0 Å². The first-order valence-corrected chi connectivity index (χ1v) is 5.20. The highest BCUT2D eigenvalue weighted by Gasteiger charge is 2.61. The van der Waals surface area contributed by atoms with E-state index in [-0.39, 0.29) is 0 Å². The van der Waals surface area contributed by atoms with E-state index in [4.69, 9.17) is 9.84 Å². The highest BCUT2D eigenvalue weighted by Crippen LogP contribution is 2.36. The number of aliphatic hydroxyl groups is 2. The third-order valence-electron chi connectivity index (χ3n) is 2.44. The lowest BCUT2D eigenvalue weighted by atomic mass is 9.88. The Hall–Kier alpha value is -0.950. The first-order valence-electron chi connectivity index (χ1n) is 5.20. The van der Waals surface area contributed by atoms with Gasteiger partial charge >= 0.3 is 12.0 Å². The molecule has 1 aliphatic heterocycles. The molecule has 1 amide bonds. The third-order valence-corrected chi connectivity index (χ3v) is 2.44. The van der Waals surface area contributed by atoms with Gasteiger partial charge in [0.15, 0.2) is 5.60 Å². The number of β-amino-alcohol motifs (C(OH)–C–C–N with tert-alkyl or cyclic N) is 1. The van der Waals surface area contributed by atoms with E-state index in [0.717, 1.165) is 4.90 Å². The van der Waals surface area contributed by atoms with Crippen LogP contribution < -0.4 is 0 Å². The van der Waals surface area contributed by atoms with E-state index in [9.17, 15) is 18.7 Å². The van der Waals surface area contributed by atoms with Gasteiger partial charge in [-0.05, 0) is 20.8 Å². The molecule has 0 unspecified atom stereocenters. The van der Waals surface area contributed by atoms with Crippen LogP contribution >= 0.6 is 0 Å². The second kappa shape index (κ2) is 4.06. The number of carbonyl (C=O) groups is 1. The molecule has 5 nitrogen and oxygen atoms in total. The molecule has 2 N–H and O–H groups in total. The van der Waals surface area contributed by atoms with Gasteiger partial charge in [-0.25, -0.2) is 13.6 Å². The fourth-order valence-corrected chi connectivity index (χ4v) is 1.42. The molecule has 0 aromatic heterocycles. The number of hydrogen-bond acceptors (Lipinski definition) is 4. The number of amides is 1. The lowest BCUT2D eigenvalue weighted by Crippen LogP contribution is -2.72. The molecule has 1 aliphatic rings. The largest absolute Gasteiger partial charge is 0.444 e. The summed E-state index contributed by atoms with van der Waals surface area (Å²) in [5, 5.41) is 18.0. The van der Waals surface area contributed by atoms with E-state index < -0.39 is 42.9 Å². The van der Waals surface area contributed by atoms with Crippen molar-refractivity contribution < 1.29 is 28.5 Å². The maximum atomic E-state index is 13.1. The normalized spacial score (nSPS) is 19.8. The first kappa shape index (κ1) is 14.1. The maximum Gasteiger partial charge on any atom is 0.410 e. The summed E-state index contributed by atoms with van der Waals surface area (Å²) in [5.74, 6) is -3.62. The molecule has 100 valence electrons. The SMILES string of the molecule is CC(C)(C)OC(=O)N1CC(O)(C(F)(F)CO)C1. The molecule has 0 aliphatic carbocycles. The van der Waals surface area contributed by atoms with Crippen LogP contribution in [0.25, 0.3) is 0 Å². The number of ether oxygens (including phenoxy) is 1. The summed E-state index contributed by atoms with van der Waals surface area (Å²) < 4.78 is 31.1. The van der Waals surface area contributed by atoms with E-state index in [1.54, 1.807) is 20.8 Å². The van der Waals surface area contributed by atoms with Crippen LogP contribution in [0.1, 0.15) is 20.8 Å². The molecule has 0 aromatic rings. The summed E-state index contributed by atoms with van der Waals surface area (Å²) in [6, 6.07) is 0. The monoisotopic (exact) mass is 253 g/mol. The minimum atomic E-state index is -3.62. The van der Waals surface area contributed by atoms with Crippen molar-refractivity contribution in [2.24, 2.45) is 0 Å². The average molecular weight is 253 g/mol. The number of likely N-dealkylation sites (tertiary alicyclic amines) is 1. The lowest BCUT2D eigenvalue weighted by molar-refractivity contribution is -0.247. The number of nitrogens with zero attached hydrogens (tertiary/aromatic N) is 1. The van der Waals surface area contributed by atoms with Crippen LogP contribution in [0, 0.1) is 0 Å². The highest BCUT2D eigenvalue weighted by molar-refractivity contribution is 5.69. The molecule has 0 bridgehead atoms. The average Bonchev–Trinajstić information content (AvgIpc) is 2.09. The second-order valence-corrected chi connectivity index (χ2v) is 5.23. The van der Waals surface area contributed by atoms with E-state index in [1.807, 2.05) is 0 Å². The molecule has 0 radical (unpaired) electrons. The summed E-state index contributed by atoms with van der Waals surface area (Å²) in [4.78, 5) is 12.4. The van der Waals surface area contributed by atoms with Gasteiger partial charge < -0.3 is 19.8 Å². The zero-order valence-electron chi connectivity index (χ0n) is 10.0. The van der Waals surface area contributed by atoms with Gasteiger partial charge in [-0.2, -0.15) is 0 Å². The zero-order valence-corrected chi connectivity index (χ0v) is 10.0. The Morgan fingerprint density at radius 3 is 2.24 bits per heavy atom. The Labute approximate surface area is 98.0 Å². The van der Waals surface area contributed by atoms with Crippen LogP contribution in [-0.2, 0) is 4.74 Å². The smallest absolute Gasteiger partial charge is 0.410 e. The molecular formula is C10H17F2NO4. The minimum Gasteiger partial charge on any atom is -0.444 e. The van der Waals surface area contributed by atoms with Crippen LogP contribution in [0.15, 0.2) is 0 Å². The van der Waals surface area contributed by atoms with Crippen molar-refractivity contribution in [2.75, 3.05) is 19.7 Å².